The number of halogens is 4. The fourth-order valence-electron chi connectivity index (χ4n) is 2.07. The first-order valence-corrected chi connectivity index (χ1v) is 6.12. The third kappa shape index (κ3) is 2.59. The summed E-state index contributed by atoms with van der Waals surface area (Å²) in [6, 6.07) is 8.01. The van der Waals surface area contributed by atoms with E-state index in [9.17, 15) is 17.6 Å². The number of hydrogen-bond donors (Lipinski definition) is 0. The standard InChI is InChI=1S/C16H5F4N3/c17-13-11(3-4-21)14(18)16(20)12(15(13)19)10-2-1-8(6-22)5-9(10)7-23/h1-2,5H,3H2. The molecule has 0 N–H and O–H groups in total. The van der Waals surface area contributed by atoms with Gasteiger partial charge >= 0.3 is 0 Å². The molecule has 2 rings (SSSR count). The van der Waals surface area contributed by atoms with Gasteiger partial charge in [0, 0.05) is 11.1 Å². The van der Waals surface area contributed by atoms with Crippen LogP contribution < -0.4 is 0 Å². The van der Waals surface area contributed by atoms with E-state index in [1.165, 1.54) is 6.07 Å². The van der Waals surface area contributed by atoms with Gasteiger partial charge in [0.15, 0.2) is 23.3 Å². The van der Waals surface area contributed by atoms with E-state index in [1.807, 2.05) is 0 Å². The summed E-state index contributed by atoms with van der Waals surface area (Å²) in [5.74, 6) is -6.77. The molecule has 0 aliphatic rings. The van der Waals surface area contributed by atoms with Gasteiger partial charge in [0.1, 0.15) is 0 Å². The molecule has 0 heterocycles. The summed E-state index contributed by atoms with van der Waals surface area (Å²) >= 11 is 0. The van der Waals surface area contributed by atoms with Gasteiger partial charge in [-0.1, -0.05) is 6.07 Å². The van der Waals surface area contributed by atoms with Crippen molar-refractivity contribution >= 4 is 0 Å². The molecule has 0 fully saturated rings. The molecule has 0 saturated heterocycles. The number of hydrogen-bond acceptors (Lipinski definition) is 3. The van der Waals surface area contributed by atoms with Crippen LogP contribution in [-0.4, -0.2) is 0 Å². The Labute approximate surface area is 128 Å². The van der Waals surface area contributed by atoms with E-state index in [0.29, 0.717) is 0 Å². The number of benzene rings is 2. The molecule has 3 nitrogen and oxygen atoms in total. The van der Waals surface area contributed by atoms with E-state index in [2.05, 4.69) is 0 Å². The molecule has 0 saturated carbocycles. The van der Waals surface area contributed by atoms with Crippen molar-refractivity contribution in [3.05, 3.63) is 58.2 Å². The summed E-state index contributed by atoms with van der Waals surface area (Å²) in [5.41, 5.74) is -2.72. The van der Waals surface area contributed by atoms with Crippen LogP contribution in [0.2, 0.25) is 0 Å². The molecule has 0 aliphatic carbocycles. The Morgan fingerprint density at radius 1 is 0.826 bits per heavy atom. The Balaban J connectivity index is 2.84. The van der Waals surface area contributed by atoms with Crippen LogP contribution in [0.15, 0.2) is 18.2 Å². The van der Waals surface area contributed by atoms with Gasteiger partial charge < -0.3 is 0 Å². The molecule has 0 spiro atoms. The topological polar surface area (TPSA) is 71.4 Å². The Hall–Kier alpha value is -3.37. The van der Waals surface area contributed by atoms with E-state index >= 15 is 0 Å². The second kappa shape index (κ2) is 6.17. The van der Waals surface area contributed by atoms with Crippen LogP contribution in [0.1, 0.15) is 16.7 Å². The molecule has 0 bridgehead atoms. The van der Waals surface area contributed by atoms with E-state index in [4.69, 9.17) is 15.8 Å². The summed E-state index contributed by atoms with van der Waals surface area (Å²) in [6.45, 7) is 0. The Morgan fingerprint density at radius 2 is 1.43 bits per heavy atom. The highest BCUT2D eigenvalue weighted by Gasteiger charge is 2.27. The van der Waals surface area contributed by atoms with Gasteiger partial charge in [-0.15, -0.1) is 0 Å². The molecule has 0 aliphatic heterocycles. The fraction of sp³-hybridized carbons (Fsp3) is 0.0625. The van der Waals surface area contributed by atoms with E-state index in [1.54, 1.807) is 12.1 Å². The maximum absolute atomic E-state index is 14.1. The lowest BCUT2D eigenvalue weighted by Crippen LogP contribution is -2.06. The van der Waals surface area contributed by atoms with Gasteiger partial charge in [0.05, 0.1) is 41.3 Å². The molecule has 2 aromatic carbocycles. The summed E-state index contributed by atoms with van der Waals surface area (Å²) in [7, 11) is 0. The first-order valence-electron chi connectivity index (χ1n) is 6.12. The van der Waals surface area contributed by atoms with Crippen LogP contribution in [0.3, 0.4) is 0 Å². The first kappa shape index (κ1) is 16.0. The van der Waals surface area contributed by atoms with E-state index < -0.39 is 40.8 Å². The number of nitriles is 3. The minimum atomic E-state index is -1.70. The minimum Gasteiger partial charge on any atom is -0.203 e. The SMILES string of the molecule is N#CCc1c(F)c(F)c(-c2ccc(C#N)cc2C#N)c(F)c1F. The highest BCUT2D eigenvalue weighted by Crippen LogP contribution is 2.34. The molecule has 2 aromatic rings. The average Bonchev–Trinajstić information content (AvgIpc) is 2.57. The number of nitrogens with zero attached hydrogens (tertiary/aromatic N) is 3. The van der Waals surface area contributed by atoms with E-state index in [-0.39, 0.29) is 16.7 Å². The predicted octanol–water partition coefficient (Wildman–Crippen LogP) is 3.72. The normalized spacial score (nSPS) is 9.78. The molecule has 0 aromatic heterocycles. The fourth-order valence-corrected chi connectivity index (χ4v) is 2.07. The van der Waals surface area contributed by atoms with Crippen LogP contribution in [0.5, 0.6) is 0 Å². The summed E-state index contributed by atoms with van der Waals surface area (Å²) in [4.78, 5) is 0. The summed E-state index contributed by atoms with van der Waals surface area (Å²) in [5, 5.41) is 26.3. The van der Waals surface area contributed by atoms with Crippen molar-refractivity contribution in [1.29, 1.82) is 15.8 Å². The van der Waals surface area contributed by atoms with Crippen molar-refractivity contribution < 1.29 is 17.6 Å². The molecule has 23 heavy (non-hydrogen) atoms. The van der Waals surface area contributed by atoms with Crippen molar-refractivity contribution in [2.75, 3.05) is 0 Å². The molecule has 7 heteroatoms. The highest BCUT2D eigenvalue weighted by molar-refractivity contribution is 5.73. The van der Waals surface area contributed by atoms with Crippen molar-refractivity contribution in [2.45, 2.75) is 6.42 Å². The lowest BCUT2D eigenvalue weighted by molar-refractivity contribution is 0.447. The van der Waals surface area contributed by atoms with Gasteiger partial charge in [-0.25, -0.2) is 17.6 Å². The smallest absolute Gasteiger partial charge is 0.170 e. The maximum Gasteiger partial charge on any atom is 0.170 e. The molecule has 0 unspecified atom stereocenters. The quantitative estimate of drug-likeness (QED) is 0.626. The lowest BCUT2D eigenvalue weighted by atomic mass is 9.95. The first-order chi connectivity index (χ1) is 11.0. The lowest BCUT2D eigenvalue weighted by Gasteiger charge is -2.12. The van der Waals surface area contributed by atoms with Crippen molar-refractivity contribution in [3.8, 4) is 29.3 Å². The van der Waals surface area contributed by atoms with Gasteiger partial charge in [0.2, 0.25) is 0 Å². The molecular formula is C16H5F4N3. The molecular weight excluding hydrogens is 310 g/mol. The van der Waals surface area contributed by atoms with Crippen LogP contribution >= 0.6 is 0 Å². The van der Waals surface area contributed by atoms with Gasteiger partial charge in [-0.05, 0) is 12.1 Å². The van der Waals surface area contributed by atoms with Crippen LogP contribution in [0.4, 0.5) is 17.6 Å². The van der Waals surface area contributed by atoms with Crippen molar-refractivity contribution in [3.63, 3.8) is 0 Å². The zero-order valence-corrected chi connectivity index (χ0v) is 11.3. The molecule has 0 atom stereocenters. The Bertz CT molecular complexity index is 901. The molecule has 112 valence electrons. The van der Waals surface area contributed by atoms with Crippen molar-refractivity contribution in [1.82, 2.24) is 0 Å². The van der Waals surface area contributed by atoms with Gasteiger partial charge in [0.25, 0.3) is 0 Å². The van der Waals surface area contributed by atoms with Crippen LogP contribution in [0.25, 0.3) is 11.1 Å². The van der Waals surface area contributed by atoms with Gasteiger partial charge in [-0.2, -0.15) is 15.8 Å². The van der Waals surface area contributed by atoms with Gasteiger partial charge in [-0.3, -0.25) is 0 Å². The number of rotatable bonds is 2. The predicted molar refractivity (Wildman–Crippen MR) is 70.5 cm³/mol. The average molecular weight is 315 g/mol. The molecule has 0 radical (unpaired) electrons. The second-order valence-electron chi connectivity index (χ2n) is 4.43. The zero-order valence-electron chi connectivity index (χ0n) is 11.3. The van der Waals surface area contributed by atoms with Crippen molar-refractivity contribution in [2.24, 2.45) is 0 Å². The maximum atomic E-state index is 14.1. The van der Waals surface area contributed by atoms with Crippen LogP contribution in [0, 0.1) is 57.3 Å². The minimum absolute atomic E-state index is 0.0492. The second-order valence-corrected chi connectivity index (χ2v) is 4.43. The highest BCUT2D eigenvalue weighted by atomic mass is 19.2. The van der Waals surface area contributed by atoms with Crippen LogP contribution in [-0.2, 0) is 6.42 Å². The third-order valence-corrected chi connectivity index (χ3v) is 3.15. The summed E-state index contributed by atoms with van der Waals surface area (Å²) < 4.78 is 56.1. The largest absolute Gasteiger partial charge is 0.203 e. The zero-order chi connectivity index (χ0) is 17.1. The molecule has 0 amide bonds. The Morgan fingerprint density at radius 3 is 1.91 bits per heavy atom. The monoisotopic (exact) mass is 315 g/mol. The summed E-state index contributed by atoms with van der Waals surface area (Å²) in [6.07, 6.45) is -0.843. The Kier molecular flexibility index (Phi) is 4.30. The van der Waals surface area contributed by atoms with E-state index in [0.717, 1.165) is 18.2 Å². The third-order valence-electron chi connectivity index (χ3n) is 3.15.